The second-order valence-corrected chi connectivity index (χ2v) is 5.43. The smallest absolute Gasteiger partial charge is 0.263 e. The summed E-state index contributed by atoms with van der Waals surface area (Å²) < 4.78 is 30.4. The molecule has 0 saturated heterocycles. The zero-order valence-corrected chi connectivity index (χ0v) is 14.2. The summed E-state index contributed by atoms with van der Waals surface area (Å²) in [7, 11) is 0. The molecule has 2 aromatic carbocycles. The molecule has 0 aliphatic heterocycles. The van der Waals surface area contributed by atoms with Crippen LogP contribution in [-0.2, 0) is 11.4 Å². The Morgan fingerprint density at radius 3 is 2.31 bits per heavy atom. The second-order valence-electron chi connectivity index (χ2n) is 5.43. The third-order valence-corrected chi connectivity index (χ3v) is 3.49. The molecule has 0 unspecified atom stereocenters. The van der Waals surface area contributed by atoms with Gasteiger partial charge in [-0.3, -0.25) is 0 Å². The molecule has 0 heterocycles. The van der Waals surface area contributed by atoms with Crippen molar-refractivity contribution >= 4 is 11.5 Å². The molecule has 26 heavy (non-hydrogen) atoms. The number of halogens is 2. The number of hydrazone groups is 1. The molecule has 8 heteroatoms. The van der Waals surface area contributed by atoms with Crippen molar-refractivity contribution in [3.63, 3.8) is 0 Å². The van der Waals surface area contributed by atoms with Crippen LogP contribution in [0.3, 0.4) is 0 Å². The first kappa shape index (κ1) is 19.2. The van der Waals surface area contributed by atoms with Gasteiger partial charge in [0.25, 0.3) is 6.43 Å². The highest BCUT2D eigenvalue weighted by Crippen LogP contribution is 2.19. The van der Waals surface area contributed by atoms with Gasteiger partial charge in [0.1, 0.15) is 19.0 Å². The van der Waals surface area contributed by atoms with Crippen LogP contribution in [0, 0.1) is 0 Å². The minimum Gasteiger partial charge on any atom is -0.486 e. The van der Waals surface area contributed by atoms with E-state index in [1.165, 1.54) is 12.1 Å². The number of amidine groups is 1. The van der Waals surface area contributed by atoms with Gasteiger partial charge in [-0.25, -0.2) is 8.78 Å². The van der Waals surface area contributed by atoms with Crippen LogP contribution in [0.2, 0.25) is 0 Å². The summed E-state index contributed by atoms with van der Waals surface area (Å²) in [5.74, 6) is 5.84. The first-order valence-electron chi connectivity index (χ1n) is 7.78. The number of nitrogens with two attached hydrogens (primary N) is 2. The van der Waals surface area contributed by atoms with Crippen molar-refractivity contribution in [2.75, 3.05) is 6.61 Å². The minimum absolute atomic E-state index is 0.0183. The van der Waals surface area contributed by atoms with Crippen LogP contribution < -0.4 is 16.3 Å². The molecule has 2 rings (SSSR count). The number of rotatable bonds is 8. The van der Waals surface area contributed by atoms with Gasteiger partial charge in [-0.05, 0) is 42.3 Å². The zero-order chi connectivity index (χ0) is 18.9. The highest BCUT2D eigenvalue weighted by atomic mass is 19.3. The Morgan fingerprint density at radius 2 is 1.73 bits per heavy atom. The molecule has 0 saturated carbocycles. The molecular formula is C18H20F2N4O2. The molecule has 138 valence electrons. The number of oxime groups is 1. The van der Waals surface area contributed by atoms with Crippen LogP contribution in [0.15, 0.2) is 58.8 Å². The highest BCUT2D eigenvalue weighted by Gasteiger charge is 2.06. The third-order valence-electron chi connectivity index (χ3n) is 3.49. The van der Waals surface area contributed by atoms with E-state index in [-0.39, 0.29) is 24.6 Å². The Hall–Kier alpha value is -3.16. The normalized spacial score (nSPS) is 12.3. The molecule has 0 aliphatic carbocycles. The fourth-order valence-corrected chi connectivity index (χ4v) is 2.00. The Morgan fingerprint density at radius 1 is 1.08 bits per heavy atom. The molecule has 0 fully saturated rings. The number of hydrogen-bond donors (Lipinski definition) is 2. The molecule has 0 bridgehead atoms. The summed E-state index contributed by atoms with van der Waals surface area (Å²) >= 11 is 0. The molecule has 6 nitrogen and oxygen atoms in total. The van der Waals surface area contributed by atoms with Crippen molar-refractivity contribution in [2.45, 2.75) is 20.0 Å². The standard InChI is InChI=1S/C18H20F2N4O2/c1-12(14-6-8-16(9-7-14)25-11-17(21)23-22)24-26-10-13-2-4-15(5-3-13)18(19)20/h2-9,18H,10-11,22H2,1H3,(H2,21,23)/b24-12+. The quantitative estimate of drug-likeness (QED) is 0.326. The van der Waals surface area contributed by atoms with Crippen LogP contribution in [0.5, 0.6) is 5.75 Å². The van der Waals surface area contributed by atoms with E-state index >= 15 is 0 Å². The molecule has 2 aromatic rings. The van der Waals surface area contributed by atoms with E-state index in [9.17, 15) is 8.78 Å². The van der Waals surface area contributed by atoms with Gasteiger partial charge < -0.3 is 21.2 Å². The number of hydrogen-bond acceptors (Lipinski definition) is 5. The molecule has 0 atom stereocenters. The maximum Gasteiger partial charge on any atom is 0.263 e. The second kappa shape index (κ2) is 9.36. The van der Waals surface area contributed by atoms with Crippen LogP contribution in [0.4, 0.5) is 8.78 Å². The Labute approximate surface area is 150 Å². The van der Waals surface area contributed by atoms with Crippen molar-refractivity contribution in [3.8, 4) is 5.75 Å². The lowest BCUT2D eigenvalue weighted by molar-refractivity contribution is 0.130. The van der Waals surface area contributed by atoms with Crippen molar-refractivity contribution in [2.24, 2.45) is 21.8 Å². The summed E-state index contributed by atoms with van der Waals surface area (Å²) in [6, 6.07) is 13.1. The molecule has 0 radical (unpaired) electrons. The highest BCUT2D eigenvalue weighted by molar-refractivity contribution is 5.98. The molecule has 0 aliphatic rings. The van der Waals surface area contributed by atoms with Crippen molar-refractivity contribution in [3.05, 3.63) is 65.2 Å². The van der Waals surface area contributed by atoms with E-state index in [4.69, 9.17) is 21.2 Å². The van der Waals surface area contributed by atoms with Gasteiger partial charge in [0.15, 0.2) is 5.84 Å². The van der Waals surface area contributed by atoms with Gasteiger partial charge >= 0.3 is 0 Å². The monoisotopic (exact) mass is 362 g/mol. The van der Waals surface area contributed by atoms with Gasteiger partial charge in [0.05, 0.1) is 5.71 Å². The Balaban J connectivity index is 1.88. The summed E-state index contributed by atoms with van der Waals surface area (Å²) in [5, 5.41) is 7.35. The molecular weight excluding hydrogens is 342 g/mol. The minimum atomic E-state index is -2.48. The number of nitrogens with zero attached hydrogens (tertiary/aromatic N) is 2. The van der Waals surface area contributed by atoms with E-state index in [2.05, 4.69) is 10.3 Å². The Kier molecular flexibility index (Phi) is 6.90. The topological polar surface area (TPSA) is 95.2 Å². The predicted octanol–water partition coefficient (Wildman–Crippen LogP) is 3.17. The number of ether oxygens (including phenoxy) is 1. The number of benzene rings is 2. The average molecular weight is 362 g/mol. The van der Waals surface area contributed by atoms with Crippen LogP contribution >= 0.6 is 0 Å². The summed E-state index contributed by atoms with van der Waals surface area (Å²) in [6.07, 6.45) is -2.48. The average Bonchev–Trinajstić information content (AvgIpc) is 2.66. The van der Waals surface area contributed by atoms with E-state index in [0.29, 0.717) is 11.5 Å². The van der Waals surface area contributed by atoms with Crippen LogP contribution in [0.1, 0.15) is 30.0 Å². The van der Waals surface area contributed by atoms with E-state index in [0.717, 1.165) is 11.1 Å². The molecule has 0 spiro atoms. The lowest BCUT2D eigenvalue weighted by atomic mass is 10.1. The van der Waals surface area contributed by atoms with E-state index in [1.54, 1.807) is 31.2 Å². The van der Waals surface area contributed by atoms with Crippen molar-refractivity contribution in [1.29, 1.82) is 0 Å². The lowest BCUT2D eigenvalue weighted by Crippen LogP contribution is -2.22. The number of alkyl halides is 2. The fraction of sp³-hybridized carbons (Fsp3) is 0.222. The largest absolute Gasteiger partial charge is 0.486 e. The first-order chi connectivity index (χ1) is 12.5. The van der Waals surface area contributed by atoms with Gasteiger partial charge in [-0.1, -0.05) is 29.4 Å². The molecule has 0 amide bonds. The fourth-order valence-electron chi connectivity index (χ4n) is 2.00. The van der Waals surface area contributed by atoms with Crippen molar-refractivity contribution in [1.82, 2.24) is 0 Å². The van der Waals surface area contributed by atoms with Crippen molar-refractivity contribution < 1.29 is 18.4 Å². The first-order valence-corrected chi connectivity index (χ1v) is 7.78. The SMILES string of the molecule is C/C(=N\OCc1ccc(C(F)F)cc1)c1ccc(OC/C(N)=N/N)cc1. The molecule has 0 aromatic heterocycles. The lowest BCUT2D eigenvalue weighted by Gasteiger charge is -2.07. The maximum atomic E-state index is 12.5. The molecule has 4 N–H and O–H groups in total. The van der Waals surface area contributed by atoms with Crippen LogP contribution in [0.25, 0.3) is 0 Å². The van der Waals surface area contributed by atoms with E-state index in [1.807, 2.05) is 12.1 Å². The van der Waals surface area contributed by atoms with Gasteiger partial charge in [0.2, 0.25) is 0 Å². The summed E-state index contributed by atoms with van der Waals surface area (Å²) in [6.45, 7) is 2.10. The zero-order valence-electron chi connectivity index (χ0n) is 14.2. The summed E-state index contributed by atoms with van der Waals surface area (Å²) in [5.41, 5.74) is 7.71. The van der Waals surface area contributed by atoms with Crippen LogP contribution in [-0.4, -0.2) is 18.2 Å². The predicted molar refractivity (Wildman–Crippen MR) is 96.1 cm³/mol. The maximum absolute atomic E-state index is 12.5. The van der Waals surface area contributed by atoms with Gasteiger partial charge in [0, 0.05) is 5.56 Å². The Bertz CT molecular complexity index is 760. The summed E-state index contributed by atoms with van der Waals surface area (Å²) in [4.78, 5) is 5.28. The van der Waals surface area contributed by atoms with Gasteiger partial charge in [-0.15, -0.1) is 0 Å². The third kappa shape index (κ3) is 5.73. The van der Waals surface area contributed by atoms with Gasteiger partial charge in [-0.2, -0.15) is 5.10 Å². The van der Waals surface area contributed by atoms with E-state index < -0.39 is 6.43 Å².